The molecule has 0 aliphatic heterocycles. The highest BCUT2D eigenvalue weighted by atomic mass is 79.9. The van der Waals surface area contributed by atoms with E-state index in [1.165, 1.54) is 7.11 Å². The Hall–Kier alpha value is -2.99. The highest BCUT2D eigenvalue weighted by Gasteiger charge is 2.35. The van der Waals surface area contributed by atoms with Gasteiger partial charge < -0.3 is 24.7 Å². The van der Waals surface area contributed by atoms with E-state index in [9.17, 15) is 14.5 Å². The number of aliphatic carboxylic acids is 1. The molecule has 2 aromatic heterocycles. The van der Waals surface area contributed by atoms with Crippen molar-refractivity contribution in [2.75, 3.05) is 19.5 Å². The smallest absolute Gasteiger partial charge is 0.459 e. The summed E-state index contributed by atoms with van der Waals surface area (Å²) in [5.74, 6) is -0.565. The van der Waals surface area contributed by atoms with Crippen LogP contribution in [0.3, 0.4) is 0 Å². The van der Waals surface area contributed by atoms with Crippen molar-refractivity contribution in [1.29, 1.82) is 0 Å². The number of carbonyl (C=O) groups is 1. The first-order chi connectivity index (χ1) is 18.1. The normalized spacial score (nSPS) is 19.5. The highest BCUT2D eigenvalue weighted by Crippen LogP contribution is 2.47. The average Bonchev–Trinajstić information content (AvgIpc) is 3.50. The van der Waals surface area contributed by atoms with Gasteiger partial charge >= 0.3 is 13.7 Å². The van der Waals surface area contributed by atoms with Crippen LogP contribution in [-0.2, 0) is 13.9 Å². The van der Waals surface area contributed by atoms with E-state index in [-0.39, 0.29) is 42.6 Å². The summed E-state index contributed by atoms with van der Waals surface area (Å²) in [5, 5.41) is 12.3. The van der Waals surface area contributed by atoms with Crippen LogP contribution < -0.4 is 20.1 Å². The Bertz CT molecular complexity index is 1360. The first-order valence-corrected chi connectivity index (χ1v) is 14.3. The second-order valence-electron chi connectivity index (χ2n) is 9.35. The van der Waals surface area contributed by atoms with Gasteiger partial charge in [0.2, 0.25) is 11.8 Å². The molecule has 12 nitrogen and oxygen atoms in total. The molecular weight excluding hydrogens is 579 g/mol. The number of hydrogen-bond donors (Lipinski definition) is 3. The second kappa shape index (κ2) is 11.8. The molecule has 3 aromatic rings. The van der Waals surface area contributed by atoms with Crippen molar-refractivity contribution in [3.05, 3.63) is 47.2 Å². The van der Waals surface area contributed by atoms with Gasteiger partial charge in [0, 0.05) is 10.4 Å². The molecule has 0 saturated carbocycles. The molecule has 0 saturated heterocycles. The molecule has 1 aliphatic rings. The lowest BCUT2D eigenvalue weighted by Crippen LogP contribution is -2.37. The molecule has 4 atom stereocenters. The van der Waals surface area contributed by atoms with Crippen LogP contribution in [-0.4, -0.2) is 50.4 Å². The first-order valence-electron chi connectivity index (χ1n) is 12.0. The van der Waals surface area contributed by atoms with Crippen LogP contribution >= 0.6 is 23.7 Å². The number of benzene rings is 1. The van der Waals surface area contributed by atoms with E-state index in [2.05, 4.69) is 36.0 Å². The van der Waals surface area contributed by atoms with Gasteiger partial charge in [-0.25, -0.2) is 9.55 Å². The molecule has 4 N–H and O–H groups in total. The number of imidazole rings is 1. The molecular formula is C24H30BrN6O6P. The van der Waals surface area contributed by atoms with E-state index in [1.54, 1.807) is 30.6 Å². The van der Waals surface area contributed by atoms with Gasteiger partial charge in [0.05, 0.1) is 26.1 Å². The number of rotatable bonds is 12. The lowest BCUT2D eigenvalue weighted by atomic mass is 10.1. The predicted molar refractivity (Wildman–Crippen MR) is 145 cm³/mol. The van der Waals surface area contributed by atoms with E-state index in [1.807, 2.05) is 30.6 Å². The number of aromatic nitrogens is 4. The Morgan fingerprint density at radius 2 is 2.03 bits per heavy atom. The van der Waals surface area contributed by atoms with Gasteiger partial charge in [0.1, 0.15) is 11.8 Å². The SMILES string of the molecule is COc1nc(N)nc2c1ncn2[C@H]1C=C[C@@H](COP(=O)(N[C@@H](CC(C)C)C(=O)O)Oc2ccc(Br)cc2)C1. The molecule has 0 bridgehead atoms. The van der Waals surface area contributed by atoms with Gasteiger partial charge in [-0.1, -0.05) is 41.9 Å². The zero-order valence-electron chi connectivity index (χ0n) is 21.2. The number of nitrogens with zero attached hydrogens (tertiary/aromatic N) is 4. The number of halogens is 1. The molecule has 0 amide bonds. The number of fused-ring (bicyclic) bond motifs is 1. The molecule has 0 radical (unpaired) electrons. The lowest BCUT2D eigenvalue weighted by Gasteiger charge is -2.25. The number of nitrogens with one attached hydrogen (secondary N) is 1. The number of methoxy groups -OCH3 is 1. The van der Waals surface area contributed by atoms with Gasteiger partial charge in [-0.05, 0) is 43.0 Å². The Morgan fingerprint density at radius 1 is 1.29 bits per heavy atom. The quantitative estimate of drug-likeness (QED) is 0.194. The van der Waals surface area contributed by atoms with Crippen LogP contribution in [0.5, 0.6) is 11.6 Å². The van der Waals surface area contributed by atoms with Crippen molar-refractivity contribution >= 4 is 46.8 Å². The molecule has 38 heavy (non-hydrogen) atoms. The highest BCUT2D eigenvalue weighted by molar-refractivity contribution is 9.10. The summed E-state index contributed by atoms with van der Waals surface area (Å²) in [7, 11) is -2.58. The minimum atomic E-state index is -4.06. The van der Waals surface area contributed by atoms with E-state index >= 15 is 0 Å². The summed E-state index contributed by atoms with van der Waals surface area (Å²) in [5.41, 5.74) is 6.87. The summed E-state index contributed by atoms with van der Waals surface area (Å²) in [4.78, 5) is 24.6. The van der Waals surface area contributed by atoms with Gasteiger partial charge in [0.15, 0.2) is 11.2 Å². The molecule has 0 spiro atoms. The van der Waals surface area contributed by atoms with Crippen LogP contribution in [0.15, 0.2) is 47.2 Å². The lowest BCUT2D eigenvalue weighted by molar-refractivity contribution is -0.139. The topological polar surface area (TPSA) is 164 Å². The summed E-state index contributed by atoms with van der Waals surface area (Å²) in [6.45, 7) is 3.81. The van der Waals surface area contributed by atoms with E-state index in [4.69, 9.17) is 19.5 Å². The number of nitrogen functional groups attached to an aromatic ring is 1. The fourth-order valence-electron chi connectivity index (χ4n) is 4.16. The van der Waals surface area contributed by atoms with Crippen molar-refractivity contribution < 1.29 is 28.3 Å². The second-order valence-corrected chi connectivity index (χ2v) is 12.0. The number of anilines is 1. The van der Waals surface area contributed by atoms with Gasteiger partial charge in [-0.15, -0.1) is 0 Å². The average molecular weight is 609 g/mol. The molecule has 14 heteroatoms. The minimum absolute atomic E-state index is 0.0366. The number of allylic oxidation sites excluding steroid dienone is 1. The molecule has 1 aromatic carbocycles. The summed E-state index contributed by atoms with van der Waals surface area (Å²) < 4.78 is 33.3. The Balaban J connectivity index is 1.49. The fraction of sp³-hybridized carbons (Fsp3) is 0.417. The third-order valence-corrected chi connectivity index (χ3v) is 8.02. The maximum atomic E-state index is 13.8. The van der Waals surface area contributed by atoms with Crippen molar-refractivity contribution in [2.24, 2.45) is 11.8 Å². The maximum Gasteiger partial charge on any atom is 0.459 e. The number of carboxylic acids is 1. The largest absolute Gasteiger partial charge is 0.480 e. The minimum Gasteiger partial charge on any atom is -0.480 e. The van der Waals surface area contributed by atoms with E-state index in [0.717, 1.165) is 4.47 Å². The van der Waals surface area contributed by atoms with Crippen molar-refractivity contribution in [1.82, 2.24) is 24.6 Å². The van der Waals surface area contributed by atoms with E-state index < -0.39 is 19.8 Å². The molecule has 1 unspecified atom stereocenters. The molecule has 1 aliphatic carbocycles. The van der Waals surface area contributed by atoms with Crippen molar-refractivity contribution in [3.8, 4) is 11.6 Å². The Labute approximate surface area is 228 Å². The molecule has 204 valence electrons. The number of nitrogens with two attached hydrogens (primary N) is 1. The fourth-order valence-corrected chi connectivity index (χ4v) is 5.99. The molecule has 0 fully saturated rings. The monoisotopic (exact) mass is 608 g/mol. The summed E-state index contributed by atoms with van der Waals surface area (Å²) in [6.07, 6.45) is 6.42. The number of ether oxygens (including phenoxy) is 1. The number of carboxylic acid groups (broad SMARTS) is 1. The van der Waals surface area contributed by atoms with Gasteiger partial charge in [-0.3, -0.25) is 9.32 Å². The van der Waals surface area contributed by atoms with Gasteiger partial charge in [0.25, 0.3) is 0 Å². The Morgan fingerprint density at radius 3 is 2.68 bits per heavy atom. The van der Waals surface area contributed by atoms with Crippen LogP contribution in [0.1, 0.15) is 32.7 Å². The zero-order chi connectivity index (χ0) is 27.4. The van der Waals surface area contributed by atoms with Crippen LogP contribution in [0, 0.1) is 11.8 Å². The van der Waals surface area contributed by atoms with Crippen LogP contribution in [0.2, 0.25) is 0 Å². The molecule has 2 heterocycles. The summed E-state index contributed by atoms with van der Waals surface area (Å²) in [6, 6.07) is 5.48. The Kier molecular flexibility index (Phi) is 8.71. The predicted octanol–water partition coefficient (Wildman–Crippen LogP) is 4.59. The third kappa shape index (κ3) is 6.71. The standard InChI is InChI=1S/C24H30BrN6O6P/c1-14(2)10-19(23(32)33)30-38(34,37-18-8-5-16(25)6-9-18)36-12-15-4-7-17(11-15)31-13-27-20-21(31)28-24(26)29-22(20)35-3/h4-9,13-15,17,19H,10-12H2,1-3H3,(H,30,34)(H,32,33)(H2,26,28,29)/t15-,17+,19+,38?/m1/s1. The third-order valence-electron chi connectivity index (χ3n) is 5.92. The zero-order valence-corrected chi connectivity index (χ0v) is 23.6. The van der Waals surface area contributed by atoms with Crippen molar-refractivity contribution in [2.45, 2.75) is 38.8 Å². The first kappa shape index (κ1) is 28.0. The van der Waals surface area contributed by atoms with Crippen molar-refractivity contribution in [3.63, 3.8) is 0 Å². The number of hydrogen-bond acceptors (Lipinski definition) is 9. The van der Waals surface area contributed by atoms with Crippen LogP contribution in [0.25, 0.3) is 11.2 Å². The van der Waals surface area contributed by atoms with Crippen LogP contribution in [0.4, 0.5) is 5.95 Å². The maximum absolute atomic E-state index is 13.8. The van der Waals surface area contributed by atoms with E-state index in [0.29, 0.717) is 23.5 Å². The van der Waals surface area contributed by atoms with Gasteiger partial charge in [-0.2, -0.15) is 15.1 Å². The summed E-state index contributed by atoms with van der Waals surface area (Å²) >= 11 is 3.35. The molecule has 4 rings (SSSR count).